The first-order valence-electron chi connectivity index (χ1n) is 5.22. The van der Waals surface area contributed by atoms with E-state index in [1.165, 1.54) is 13.0 Å². The molecular formula is C10H9F6N3O2. The molecule has 21 heavy (non-hydrogen) atoms. The number of nitrogens with zero attached hydrogens (tertiary/aromatic N) is 2. The van der Waals surface area contributed by atoms with E-state index in [0.29, 0.717) is 0 Å². The average molecular weight is 317 g/mol. The number of alkyl halides is 6. The number of nitrogens with two attached hydrogens (primary N) is 1. The lowest BCUT2D eigenvalue weighted by Crippen LogP contribution is -2.47. The van der Waals surface area contributed by atoms with Crippen molar-refractivity contribution in [3.8, 4) is 5.88 Å². The van der Waals surface area contributed by atoms with Crippen LogP contribution in [0.15, 0.2) is 17.4 Å². The zero-order valence-corrected chi connectivity index (χ0v) is 10.3. The fourth-order valence-electron chi connectivity index (χ4n) is 1.42. The van der Waals surface area contributed by atoms with E-state index < -0.39 is 35.7 Å². The number of halogens is 6. The Hall–Kier alpha value is -2.20. The average Bonchev–Trinajstić information content (AvgIpc) is 2.32. The van der Waals surface area contributed by atoms with Crippen LogP contribution < -0.4 is 10.5 Å². The van der Waals surface area contributed by atoms with Crippen molar-refractivity contribution in [2.24, 2.45) is 10.9 Å². The lowest BCUT2D eigenvalue weighted by atomic mass is 10.1. The van der Waals surface area contributed by atoms with Crippen molar-refractivity contribution >= 4 is 5.84 Å². The van der Waals surface area contributed by atoms with Crippen LogP contribution in [0.3, 0.4) is 0 Å². The molecule has 0 amide bonds. The molecule has 3 N–H and O–H groups in total. The van der Waals surface area contributed by atoms with Gasteiger partial charge in [0, 0.05) is 6.20 Å². The van der Waals surface area contributed by atoms with Crippen LogP contribution >= 0.6 is 0 Å². The fourth-order valence-corrected chi connectivity index (χ4v) is 1.42. The summed E-state index contributed by atoms with van der Waals surface area (Å²) >= 11 is 0. The van der Waals surface area contributed by atoms with Gasteiger partial charge in [0.1, 0.15) is 0 Å². The highest BCUT2D eigenvalue weighted by atomic mass is 19.4. The molecule has 1 aromatic rings. The zero-order chi connectivity index (χ0) is 16.4. The van der Waals surface area contributed by atoms with E-state index in [1.54, 1.807) is 0 Å². The van der Waals surface area contributed by atoms with Crippen molar-refractivity contribution in [1.29, 1.82) is 0 Å². The van der Waals surface area contributed by atoms with Gasteiger partial charge < -0.3 is 15.7 Å². The minimum Gasteiger partial charge on any atom is -0.454 e. The van der Waals surface area contributed by atoms with E-state index in [-0.39, 0.29) is 5.56 Å². The Morgan fingerprint density at radius 3 is 2.24 bits per heavy atom. The summed E-state index contributed by atoms with van der Waals surface area (Å²) in [5.74, 6) is -1.76. The molecule has 0 aromatic carbocycles. The van der Waals surface area contributed by atoms with E-state index in [9.17, 15) is 26.3 Å². The molecule has 5 nitrogen and oxygen atoms in total. The smallest absolute Gasteiger partial charge is 0.434 e. The molecule has 1 aromatic heterocycles. The maximum absolute atomic E-state index is 12.4. The third-order valence-corrected chi connectivity index (χ3v) is 2.31. The van der Waals surface area contributed by atoms with Gasteiger partial charge in [-0.3, -0.25) is 0 Å². The van der Waals surface area contributed by atoms with Gasteiger partial charge in [0.25, 0.3) is 6.10 Å². The van der Waals surface area contributed by atoms with E-state index in [0.717, 1.165) is 6.20 Å². The van der Waals surface area contributed by atoms with Crippen LogP contribution in [0.25, 0.3) is 0 Å². The third kappa shape index (κ3) is 3.89. The molecule has 0 saturated heterocycles. The van der Waals surface area contributed by atoms with Crippen molar-refractivity contribution in [3.63, 3.8) is 0 Å². The lowest BCUT2D eigenvalue weighted by molar-refractivity contribution is -0.300. The number of aryl methyl sites for hydroxylation is 1. The van der Waals surface area contributed by atoms with Crippen LogP contribution in [-0.4, -0.2) is 34.5 Å². The first kappa shape index (κ1) is 16.9. The van der Waals surface area contributed by atoms with Gasteiger partial charge in [-0.15, -0.1) is 0 Å². The highest BCUT2D eigenvalue weighted by molar-refractivity contribution is 6.00. The molecule has 0 radical (unpaired) electrons. The number of rotatable bonds is 3. The molecule has 0 saturated carbocycles. The summed E-state index contributed by atoms with van der Waals surface area (Å²) in [5, 5.41) is 11.0. The Labute approximate surface area is 114 Å². The summed E-state index contributed by atoms with van der Waals surface area (Å²) in [6.07, 6.45) is -14.6. The number of pyridine rings is 1. The maximum Gasteiger partial charge on any atom is 0.434 e. The Kier molecular flexibility index (Phi) is 4.54. The molecular weight excluding hydrogens is 308 g/mol. The molecule has 0 aliphatic rings. The fraction of sp³-hybridized carbons (Fsp3) is 0.400. The summed E-state index contributed by atoms with van der Waals surface area (Å²) in [6, 6.07) is 1.25. The largest absolute Gasteiger partial charge is 0.454 e. The van der Waals surface area contributed by atoms with Crippen LogP contribution in [0.1, 0.15) is 11.1 Å². The van der Waals surface area contributed by atoms with Crippen molar-refractivity contribution in [3.05, 3.63) is 23.4 Å². The van der Waals surface area contributed by atoms with Crippen molar-refractivity contribution in [2.45, 2.75) is 25.4 Å². The number of amidine groups is 1. The van der Waals surface area contributed by atoms with Gasteiger partial charge in [-0.25, -0.2) is 4.98 Å². The van der Waals surface area contributed by atoms with Gasteiger partial charge in [-0.05, 0) is 18.6 Å². The summed E-state index contributed by atoms with van der Waals surface area (Å²) in [7, 11) is 0. The summed E-state index contributed by atoms with van der Waals surface area (Å²) < 4.78 is 78.5. The Morgan fingerprint density at radius 1 is 1.29 bits per heavy atom. The molecule has 0 atom stereocenters. The topological polar surface area (TPSA) is 80.7 Å². The second kappa shape index (κ2) is 5.66. The lowest BCUT2D eigenvalue weighted by Gasteiger charge is -2.24. The van der Waals surface area contributed by atoms with Crippen molar-refractivity contribution < 1.29 is 36.3 Å². The van der Waals surface area contributed by atoms with Crippen LogP contribution in [0.2, 0.25) is 0 Å². The number of hydrogen-bond acceptors (Lipinski definition) is 4. The molecule has 0 fully saturated rings. The summed E-state index contributed by atoms with van der Waals surface area (Å²) in [6.45, 7) is 1.32. The van der Waals surface area contributed by atoms with E-state index >= 15 is 0 Å². The SMILES string of the molecule is Cc1ccnc(OC(C(F)(F)F)C(F)(F)F)c1/C(N)=N/O. The van der Waals surface area contributed by atoms with Crippen molar-refractivity contribution in [2.75, 3.05) is 0 Å². The normalized spacial score (nSPS) is 13.6. The zero-order valence-electron chi connectivity index (χ0n) is 10.3. The molecule has 0 aliphatic carbocycles. The third-order valence-electron chi connectivity index (χ3n) is 2.31. The number of aromatic nitrogens is 1. The van der Waals surface area contributed by atoms with Gasteiger partial charge in [0.2, 0.25) is 5.88 Å². The van der Waals surface area contributed by atoms with Crippen LogP contribution in [0.5, 0.6) is 5.88 Å². The van der Waals surface area contributed by atoms with Crippen LogP contribution in [0.4, 0.5) is 26.3 Å². The van der Waals surface area contributed by atoms with E-state index in [2.05, 4.69) is 14.9 Å². The minimum absolute atomic E-state index is 0.124. The molecule has 0 spiro atoms. The highest BCUT2D eigenvalue weighted by Gasteiger charge is 2.59. The van der Waals surface area contributed by atoms with Crippen LogP contribution in [0, 0.1) is 6.92 Å². The Morgan fingerprint density at radius 2 is 1.81 bits per heavy atom. The molecule has 11 heteroatoms. The molecule has 1 heterocycles. The molecule has 1 rings (SSSR count). The number of hydrogen-bond donors (Lipinski definition) is 2. The Balaban J connectivity index is 3.32. The van der Waals surface area contributed by atoms with Gasteiger partial charge in [-0.2, -0.15) is 26.3 Å². The Bertz CT molecular complexity index is 527. The maximum atomic E-state index is 12.4. The molecule has 118 valence electrons. The van der Waals surface area contributed by atoms with Crippen molar-refractivity contribution in [1.82, 2.24) is 4.98 Å². The molecule has 0 unspecified atom stereocenters. The standard InChI is InChI=1S/C10H9F6N3O2/c1-4-2-3-18-7(5(4)6(17)19-20)21-8(9(11,12)13)10(14,15)16/h2-3,8,20H,1H3,(H2,17,19). The summed E-state index contributed by atoms with van der Waals surface area (Å²) in [5.41, 5.74) is 4.87. The van der Waals surface area contributed by atoms with Gasteiger partial charge in [0.05, 0.1) is 5.56 Å². The predicted molar refractivity (Wildman–Crippen MR) is 58.0 cm³/mol. The second-order valence-electron chi connectivity index (χ2n) is 3.87. The van der Waals surface area contributed by atoms with Crippen LogP contribution in [-0.2, 0) is 0 Å². The second-order valence-corrected chi connectivity index (χ2v) is 3.87. The monoisotopic (exact) mass is 317 g/mol. The minimum atomic E-state index is -5.70. The highest BCUT2D eigenvalue weighted by Crippen LogP contribution is 2.37. The molecule has 0 bridgehead atoms. The van der Waals surface area contributed by atoms with Gasteiger partial charge >= 0.3 is 12.4 Å². The first-order chi connectivity index (χ1) is 9.48. The first-order valence-corrected chi connectivity index (χ1v) is 5.22. The number of oxime groups is 1. The predicted octanol–water partition coefficient (Wildman–Crippen LogP) is 2.36. The van der Waals surface area contributed by atoms with Gasteiger partial charge in [-0.1, -0.05) is 5.16 Å². The number of ether oxygens (including phenoxy) is 1. The summed E-state index contributed by atoms with van der Waals surface area (Å²) in [4.78, 5) is 3.28. The van der Waals surface area contributed by atoms with E-state index in [1.807, 2.05) is 0 Å². The quantitative estimate of drug-likeness (QED) is 0.295. The molecule has 0 aliphatic heterocycles. The van der Waals surface area contributed by atoms with E-state index in [4.69, 9.17) is 10.9 Å². The van der Waals surface area contributed by atoms with Gasteiger partial charge in [0.15, 0.2) is 5.84 Å².